The van der Waals surface area contributed by atoms with Gasteiger partial charge in [-0.3, -0.25) is 9.78 Å². The van der Waals surface area contributed by atoms with E-state index >= 15 is 0 Å². The third-order valence-electron chi connectivity index (χ3n) is 5.17. The first-order valence-corrected chi connectivity index (χ1v) is 9.88. The van der Waals surface area contributed by atoms with Crippen LogP contribution in [-0.4, -0.2) is 32.1 Å². The summed E-state index contributed by atoms with van der Waals surface area (Å²) < 4.78 is 2.91. The molecule has 5 nitrogen and oxygen atoms in total. The molecule has 1 saturated heterocycles. The standard InChI is InChI=1S/C21H21BrN4O/c1-14-20(22)15(2)26(24-14)18-7-5-17(6-8-18)21(27)25-13-3-4-19(25)16-9-11-23-12-10-16/h5-12,19H,3-4,13H2,1-2H3/t19-/m1/s1. The van der Waals surface area contributed by atoms with Crippen LogP contribution in [0.5, 0.6) is 0 Å². The molecule has 4 rings (SSSR count). The van der Waals surface area contributed by atoms with E-state index in [-0.39, 0.29) is 11.9 Å². The number of nitrogens with zero attached hydrogens (tertiary/aromatic N) is 4. The summed E-state index contributed by atoms with van der Waals surface area (Å²) in [6, 6.07) is 11.8. The summed E-state index contributed by atoms with van der Waals surface area (Å²) in [5.74, 6) is 0.0791. The van der Waals surface area contributed by atoms with E-state index in [1.165, 1.54) is 0 Å². The Morgan fingerprint density at radius 1 is 1.11 bits per heavy atom. The molecule has 27 heavy (non-hydrogen) atoms. The van der Waals surface area contributed by atoms with Gasteiger partial charge in [0.25, 0.3) is 5.91 Å². The fourth-order valence-electron chi connectivity index (χ4n) is 3.73. The van der Waals surface area contributed by atoms with Gasteiger partial charge in [0.05, 0.1) is 27.6 Å². The fourth-order valence-corrected chi connectivity index (χ4v) is 3.98. The Kier molecular flexibility index (Phi) is 4.83. The van der Waals surface area contributed by atoms with Crippen LogP contribution in [0.15, 0.2) is 53.3 Å². The molecule has 1 aliphatic heterocycles. The van der Waals surface area contributed by atoms with E-state index in [9.17, 15) is 4.79 Å². The molecular weight excluding hydrogens is 404 g/mol. The van der Waals surface area contributed by atoms with Gasteiger partial charge in [-0.15, -0.1) is 0 Å². The molecule has 0 bridgehead atoms. The van der Waals surface area contributed by atoms with Crippen LogP contribution in [-0.2, 0) is 0 Å². The number of amides is 1. The lowest BCUT2D eigenvalue weighted by Gasteiger charge is -2.25. The summed E-state index contributed by atoms with van der Waals surface area (Å²) in [4.78, 5) is 19.1. The highest BCUT2D eigenvalue weighted by Gasteiger charge is 2.30. The summed E-state index contributed by atoms with van der Waals surface area (Å²) in [6.45, 7) is 4.78. The number of halogens is 1. The van der Waals surface area contributed by atoms with E-state index in [1.807, 2.05) is 59.8 Å². The monoisotopic (exact) mass is 424 g/mol. The van der Waals surface area contributed by atoms with Gasteiger partial charge in [-0.2, -0.15) is 5.10 Å². The maximum absolute atomic E-state index is 13.1. The number of pyridine rings is 1. The van der Waals surface area contributed by atoms with Crippen molar-refractivity contribution in [3.8, 4) is 5.69 Å². The van der Waals surface area contributed by atoms with E-state index in [1.54, 1.807) is 12.4 Å². The Balaban J connectivity index is 1.58. The van der Waals surface area contributed by atoms with Crippen molar-refractivity contribution in [2.45, 2.75) is 32.7 Å². The van der Waals surface area contributed by atoms with Gasteiger partial charge >= 0.3 is 0 Å². The Labute approximate surface area is 167 Å². The number of likely N-dealkylation sites (tertiary alicyclic amines) is 1. The van der Waals surface area contributed by atoms with Crippen molar-refractivity contribution in [2.24, 2.45) is 0 Å². The fraction of sp³-hybridized carbons (Fsp3) is 0.286. The summed E-state index contributed by atoms with van der Waals surface area (Å²) in [5.41, 5.74) is 4.80. The number of carbonyl (C=O) groups is 1. The molecule has 0 unspecified atom stereocenters. The second-order valence-corrected chi connectivity index (χ2v) is 7.67. The van der Waals surface area contributed by atoms with Crippen LogP contribution in [0, 0.1) is 13.8 Å². The van der Waals surface area contributed by atoms with Crippen LogP contribution >= 0.6 is 15.9 Å². The quantitative estimate of drug-likeness (QED) is 0.615. The van der Waals surface area contributed by atoms with Gasteiger partial charge in [0.15, 0.2) is 0 Å². The van der Waals surface area contributed by atoms with Gasteiger partial charge in [-0.05, 0) is 84.6 Å². The number of aromatic nitrogens is 3. The molecule has 3 aromatic rings. The molecule has 3 heterocycles. The minimum atomic E-state index is 0.0791. The Morgan fingerprint density at radius 3 is 2.44 bits per heavy atom. The van der Waals surface area contributed by atoms with Crippen LogP contribution in [0.2, 0.25) is 0 Å². The van der Waals surface area contributed by atoms with Crippen molar-refractivity contribution in [3.63, 3.8) is 0 Å². The summed E-state index contributed by atoms with van der Waals surface area (Å²) >= 11 is 3.56. The number of rotatable bonds is 3. The van der Waals surface area contributed by atoms with Crippen LogP contribution in [0.1, 0.15) is 46.2 Å². The van der Waals surface area contributed by atoms with Crippen molar-refractivity contribution in [2.75, 3.05) is 6.54 Å². The maximum atomic E-state index is 13.1. The van der Waals surface area contributed by atoms with Crippen molar-refractivity contribution >= 4 is 21.8 Å². The maximum Gasteiger partial charge on any atom is 0.254 e. The first-order chi connectivity index (χ1) is 13.1. The molecule has 1 atom stereocenters. The molecule has 0 radical (unpaired) electrons. The van der Waals surface area contributed by atoms with Gasteiger partial charge in [-0.25, -0.2) is 4.68 Å². The van der Waals surface area contributed by atoms with Gasteiger partial charge < -0.3 is 4.90 Å². The molecule has 1 amide bonds. The molecule has 2 aromatic heterocycles. The normalized spacial score (nSPS) is 16.7. The van der Waals surface area contributed by atoms with Gasteiger partial charge in [-0.1, -0.05) is 0 Å². The summed E-state index contributed by atoms with van der Waals surface area (Å²) in [7, 11) is 0. The first kappa shape index (κ1) is 17.9. The molecule has 1 fully saturated rings. The highest BCUT2D eigenvalue weighted by atomic mass is 79.9. The van der Waals surface area contributed by atoms with Gasteiger partial charge in [0.1, 0.15) is 0 Å². The summed E-state index contributed by atoms with van der Waals surface area (Å²) in [5, 5.41) is 4.55. The average molecular weight is 425 g/mol. The molecule has 0 N–H and O–H groups in total. The number of aryl methyl sites for hydroxylation is 1. The third-order valence-corrected chi connectivity index (χ3v) is 6.31. The van der Waals surface area contributed by atoms with Crippen molar-refractivity contribution in [3.05, 3.63) is 75.8 Å². The molecule has 1 aliphatic rings. The largest absolute Gasteiger partial charge is 0.332 e. The zero-order valence-corrected chi connectivity index (χ0v) is 17.0. The van der Waals surface area contributed by atoms with E-state index in [2.05, 4.69) is 26.0 Å². The van der Waals surface area contributed by atoms with Crippen LogP contribution in [0.3, 0.4) is 0 Å². The first-order valence-electron chi connectivity index (χ1n) is 9.09. The smallest absolute Gasteiger partial charge is 0.254 e. The second-order valence-electron chi connectivity index (χ2n) is 6.88. The topological polar surface area (TPSA) is 51.0 Å². The SMILES string of the molecule is Cc1nn(-c2ccc(C(=O)N3CCC[C@@H]3c3ccncc3)cc2)c(C)c1Br. The lowest BCUT2D eigenvalue weighted by Crippen LogP contribution is -2.30. The van der Waals surface area contributed by atoms with Crippen LogP contribution < -0.4 is 0 Å². The highest BCUT2D eigenvalue weighted by molar-refractivity contribution is 9.10. The second kappa shape index (κ2) is 7.27. The van der Waals surface area contributed by atoms with Crippen molar-refractivity contribution < 1.29 is 4.79 Å². The minimum absolute atomic E-state index is 0.0791. The zero-order valence-electron chi connectivity index (χ0n) is 15.4. The van der Waals surface area contributed by atoms with E-state index in [0.29, 0.717) is 5.56 Å². The molecule has 1 aromatic carbocycles. The van der Waals surface area contributed by atoms with Crippen molar-refractivity contribution in [1.29, 1.82) is 0 Å². The predicted molar refractivity (Wildman–Crippen MR) is 108 cm³/mol. The minimum Gasteiger partial charge on any atom is -0.332 e. The Morgan fingerprint density at radius 2 is 1.81 bits per heavy atom. The highest BCUT2D eigenvalue weighted by Crippen LogP contribution is 2.33. The number of carbonyl (C=O) groups excluding carboxylic acids is 1. The van der Waals surface area contributed by atoms with E-state index in [4.69, 9.17) is 0 Å². The zero-order chi connectivity index (χ0) is 19.0. The molecule has 138 valence electrons. The van der Waals surface area contributed by atoms with Crippen LogP contribution in [0.4, 0.5) is 0 Å². The molecule has 0 aliphatic carbocycles. The number of hydrogen-bond acceptors (Lipinski definition) is 3. The predicted octanol–water partition coefficient (Wildman–Crippen LogP) is 4.62. The van der Waals surface area contributed by atoms with Gasteiger partial charge in [0, 0.05) is 24.5 Å². The van der Waals surface area contributed by atoms with Gasteiger partial charge in [0.2, 0.25) is 0 Å². The number of hydrogen-bond donors (Lipinski definition) is 0. The van der Waals surface area contributed by atoms with Crippen molar-refractivity contribution in [1.82, 2.24) is 19.7 Å². The van der Waals surface area contributed by atoms with E-state index in [0.717, 1.165) is 46.5 Å². The molecule has 0 spiro atoms. The lowest BCUT2D eigenvalue weighted by atomic mass is 10.1. The summed E-state index contributed by atoms with van der Waals surface area (Å²) in [6.07, 6.45) is 5.60. The third kappa shape index (κ3) is 3.30. The number of benzene rings is 1. The Bertz CT molecular complexity index is 966. The van der Waals surface area contributed by atoms with Crippen LogP contribution in [0.25, 0.3) is 5.69 Å². The molecule has 0 saturated carbocycles. The average Bonchev–Trinajstić information content (AvgIpc) is 3.29. The van der Waals surface area contributed by atoms with E-state index < -0.39 is 0 Å². The molecular formula is C21H21BrN4O. The lowest BCUT2D eigenvalue weighted by molar-refractivity contribution is 0.0735. The Hall–Kier alpha value is -2.47. The molecule has 6 heteroatoms.